The van der Waals surface area contributed by atoms with Crippen LogP contribution in [0.4, 0.5) is 23.0 Å². The van der Waals surface area contributed by atoms with Crippen LogP contribution in [0.5, 0.6) is 0 Å². The van der Waals surface area contributed by atoms with Gasteiger partial charge < -0.3 is 17.3 Å². The van der Waals surface area contributed by atoms with Gasteiger partial charge in [-0.2, -0.15) is 4.58 Å². The average Bonchev–Trinajstić information content (AvgIpc) is 2.95. The number of para-hydroxylation sites is 1. The third-order valence-corrected chi connectivity index (χ3v) is 6.71. The van der Waals surface area contributed by atoms with E-state index in [0.717, 1.165) is 12.8 Å². The van der Waals surface area contributed by atoms with Crippen LogP contribution < -0.4 is 0 Å². The molecule has 35 heavy (non-hydrogen) atoms. The van der Waals surface area contributed by atoms with Crippen molar-refractivity contribution >= 4 is 19.2 Å². The zero-order valence-corrected chi connectivity index (χ0v) is 22.8. The lowest BCUT2D eigenvalue weighted by Crippen LogP contribution is -2.31. The van der Waals surface area contributed by atoms with Crippen molar-refractivity contribution in [2.45, 2.75) is 97.9 Å². The first kappa shape index (κ1) is 29.1. The second-order valence-corrected chi connectivity index (χ2v) is 11.8. The summed E-state index contributed by atoms with van der Waals surface area (Å²) in [5.41, 5.74) is 7.34. The molecule has 1 nitrogen and oxygen atoms in total. The van der Waals surface area contributed by atoms with E-state index in [1.54, 1.807) is 0 Å². The highest BCUT2D eigenvalue weighted by Gasteiger charge is 2.50. The fourth-order valence-corrected chi connectivity index (χ4v) is 5.32. The molecule has 0 amide bonds. The van der Waals surface area contributed by atoms with Gasteiger partial charge >= 0.3 is 7.25 Å². The van der Waals surface area contributed by atoms with E-state index >= 15 is 0 Å². The van der Waals surface area contributed by atoms with Gasteiger partial charge in [0.05, 0.1) is 5.41 Å². The highest BCUT2D eigenvalue weighted by atomic mass is 19.5. The minimum absolute atomic E-state index is 0.0399. The maximum atomic E-state index is 9.75. The summed E-state index contributed by atoms with van der Waals surface area (Å²) in [6, 6.07) is 16.3. The van der Waals surface area contributed by atoms with Crippen molar-refractivity contribution in [3.05, 3.63) is 64.7 Å². The van der Waals surface area contributed by atoms with Gasteiger partial charge in [-0.3, -0.25) is 0 Å². The van der Waals surface area contributed by atoms with Crippen molar-refractivity contribution in [1.29, 1.82) is 0 Å². The van der Waals surface area contributed by atoms with Crippen molar-refractivity contribution in [3.8, 4) is 0 Å². The third-order valence-electron chi connectivity index (χ3n) is 6.71. The van der Waals surface area contributed by atoms with Crippen LogP contribution in [0.1, 0.15) is 103 Å². The molecule has 1 aliphatic heterocycles. The summed E-state index contributed by atoms with van der Waals surface area (Å²) in [5.74, 6) is 1.70. The van der Waals surface area contributed by atoms with Crippen LogP contribution in [0, 0.1) is 5.92 Å². The molecule has 0 N–H and O–H groups in total. The highest BCUT2D eigenvalue weighted by molar-refractivity contribution is 6.50. The Bertz CT molecular complexity index is 988. The van der Waals surface area contributed by atoms with Crippen molar-refractivity contribution < 1.29 is 21.8 Å². The Kier molecular flexibility index (Phi) is 9.06. The van der Waals surface area contributed by atoms with Crippen LogP contribution in [0.25, 0.3) is 0 Å². The predicted molar refractivity (Wildman–Crippen MR) is 142 cm³/mol. The first-order valence-electron chi connectivity index (χ1n) is 12.7. The summed E-state index contributed by atoms with van der Waals surface area (Å²) in [5, 5.41) is 0. The molecule has 3 rings (SSSR count). The molecule has 6 heteroatoms. The van der Waals surface area contributed by atoms with Crippen LogP contribution in [-0.2, 0) is 11.8 Å². The smallest absolute Gasteiger partial charge is 0.418 e. The third kappa shape index (κ3) is 7.69. The van der Waals surface area contributed by atoms with Crippen molar-refractivity contribution in [1.82, 2.24) is 0 Å². The first-order valence-corrected chi connectivity index (χ1v) is 12.7. The first-order chi connectivity index (χ1) is 15.9. The van der Waals surface area contributed by atoms with Gasteiger partial charge in [-0.15, -0.1) is 0 Å². The van der Waals surface area contributed by atoms with Gasteiger partial charge in [0.15, 0.2) is 11.8 Å². The lowest BCUT2D eigenvalue weighted by atomic mass is 9.77. The fraction of sp³-hybridized carbons (Fsp3) is 0.552. The molecular formula is C29H42BF4N. The van der Waals surface area contributed by atoms with E-state index in [1.165, 1.54) is 27.9 Å². The van der Waals surface area contributed by atoms with Crippen LogP contribution in [0.2, 0.25) is 0 Å². The molecule has 0 radical (unpaired) electrons. The van der Waals surface area contributed by atoms with Gasteiger partial charge in [0.25, 0.3) is 0 Å². The maximum Gasteiger partial charge on any atom is 0.673 e. The van der Waals surface area contributed by atoms with Gasteiger partial charge in [0, 0.05) is 31.4 Å². The number of hydrogen-bond acceptors (Lipinski definition) is 0. The summed E-state index contributed by atoms with van der Waals surface area (Å²) in [7, 11) is -6.00. The Morgan fingerprint density at radius 3 is 1.66 bits per heavy atom. The van der Waals surface area contributed by atoms with E-state index in [1.807, 2.05) is 0 Å². The number of nitrogens with zero attached hydrogens (tertiary/aromatic N) is 1. The van der Waals surface area contributed by atoms with E-state index in [9.17, 15) is 17.3 Å². The van der Waals surface area contributed by atoms with Crippen LogP contribution in [0.15, 0.2) is 42.5 Å². The molecule has 0 saturated carbocycles. The summed E-state index contributed by atoms with van der Waals surface area (Å²) in [4.78, 5) is 0. The molecular weight excluding hydrogens is 449 g/mol. The lowest BCUT2D eigenvalue weighted by molar-refractivity contribution is -0.513. The number of benzene rings is 2. The molecule has 1 aliphatic rings. The molecule has 2 aromatic rings. The summed E-state index contributed by atoms with van der Waals surface area (Å²) < 4.78 is 41.6. The summed E-state index contributed by atoms with van der Waals surface area (Å²) >= 11 is 0. The van der Waals surface area contributed by atoms with Crippen LogP contribution in [0.3, 0.4) is 0 Å². The molecule has 1 heterocycles. The normalized spacial score (nSPS) is 19.7. The quantitative estimate of drug-likeness (QED) is 0.215. The number of halogens is 4. The molecule has 0 aliphatic carbocycles. The molecule has 0 aromatic heterocycles. The predicted octanol–water partition coefficient (Wildman–Crippen LogP) is 9.29. The van der Waals surface area contributed by atoms with Crippen LogP contribution >= 0.6 is 0 Å². The molecule has 0 saturated heterocycles. The summed E-state index contributed by atoms with van der Waals surface area (Å²) in [6.45, 7) is 21.1. The fourth-order valence-electron chi connectivity index (χ4n) is 5.32. The monoisotopic (exact) mass is 491 g/mol. The molecule has 0 fully saturated rings. The largest absolute Gasteiger partial charge is 0.673 e. The van der Waals surface area contributed by atoms with E-state index in [-0.39, 0.29) is 11.0 Å². The van der Waals surface area contributed by atoms with Crippen LogP contribution in [-0.4, -0.2) is 23.6 Å². The molecule has 0 spiro atoms. The van der Waals surface area contributed by atoms with E-state index in [2.05, 4.69) is 116 Å². The van der Waals surface area contributed by atoms with Crippen molar-refractivity contribution in [3.63, 3.8) is 0 Å². The Hall–Kier alpha value is -2.11. The van der Waals surface area contributed by atoms with Crippen molar-refractivity contribution in [2.75, 3.05) is 0 Å². The van der Waals surface area contributed by atoms with E-state index < -0.39 is 7.25 Å². The maximum absolute atomic E-state index is 9.75. The zero-order chi connectivity index (χ0) is 26.8. The molecule has 1 atom stereocenters. The topological polar surface area (TPSA) is 3.01 Å². The van der Waals surface area contributed by atoms with Gasteiger partial charge in [0.1, 0.15) is 0 Å². The Balaban J connectivity index is 0.000000784. The Morgan fingerprint density at radius 2 is 1.26 bits per heavy atom. The zero-order valence-electron chi connectivity index (χ0n) is 22.8. The molecule has 194 valence electrons. The van der Waals surface area contributed by atoms with Gasteiger partial charge in [-0.25, -0.2) is 0 Å². The average molecular weight is 491 g/mol. The van der Waals surface area contributed by atoms with E-state index in [4.69, 9.17) is 0 Å². The number of hydrogen-bond donors (Lipinski definition) is 0. The minimum atomic E-state index is -6.00. The highest BCUT2D eigenvalue weighted by Crippen LogP contribution is 2.45. The van der Waals surface area contributed by atoms with Gasteiger partial charge in [-0.1, -0.05) is 84.0 Å². The van der Waals surface area contributed by atoms with Gasteiger partial charge in [0.2, 0.25) is 5.69 Å². The molecule has 1 unspecified atom stereocenters. The van der Waals surface area contributed by atoms with Crippen molar-refractivity contribution in [2.24, 2.45) is 5.92 Å². The minimum Gasteiger partial charge on any atom is -0.418 e. The second kappa shape index (κ2) is 10.9. The molecule has 0 bridgehead atoms. The summed E-state index contributed by atoms with van der Waals surface area (Å²) in [6.07, 6.45) is 4.79. The van der Waals surface area contributed by atoms with Gasteiger partial charge in [-0.05, 0) is 42.2 Å². The lowest BCUT2D eigenvalue weighted by Gasteiger charge is -2.24. The SMILES string of the molecule is CC(C)Cc1ccc(C2(C)C=[N+](c3c(C(C)C)cccc3C(C)C)C(C)(C)C2)cc1.F[B-](F)(F)F. The van der Waals surface area contributed by atoms with E-state index in [0.29, 0.717) is 17.8 Å². The second-order valence-electron chi connectivity index (χ2n) is 11.8. The standard InChI is InChI=1S/C29H42N.BF4/c1-20(2)17-23-13-15-24(16-14-23)29(9)18-28(7,8)30(19-29)27-25(21(3)4)11-10-12-26(27)22(5)6;2-1(3,4)5/h10-16,19-22H,17-18H2,1-9H3;/q+1;-1. The molecule has 2 aromatic carbocycles. The Labute approximate surface area is 209 Å². The Morgan fingerprint density at radius 1 is 0.800 bits per heavy atom. The number of rotatable bonds is 6.